The molecular weight excluding hydrogens is 304 g/mol. The lowest BCUT2D eigenvalue weighted by Crippen LogP contribution is -2.47. The summed E-state index contributed by atoms with van der Waals surface area (Å²) in [5.41, 5.74) is 2.60. The minimum Gasteiger partial charge on any atom is -0.303 e. The van der Waals surface area contributed by atoms with Crippen LogP contribution in [0.2, 0.25) is 0 Å². The van der Waals surface area contributed by atoms with Crippen LogP contribution in [0.5, 0.6) is 0 Å². The molecule has 0 radical (unpaired) electrons. The standard InChI is InChI=1S/C23H36N2/c1-22(2)15-21-16-23(3,17-22)18-25(21)20-10-13-24(14-11-20)12-9-19-7-5-4-6-8-19/h4-8,20-21H,9-18H2,1-3H3/t21-,23+/m1/s1. The molecule has 2 aliphatic heterocycles. The fraction of sp³-hybridized carbons (Fsp3) is 0.739. The fourth-order valence-electron chi connectivity index (χ4n) is 6.34. The molecular formula is C23H36N2. The van der Waals surface area contributed by atoms with Gasteiger partial charge in [-0.15, -0.1) is 0 Å². The SMILES string of the molecule is CC1(C)C[C@@H]2C[C@](C)(CN2C2CCN(CCc3ccccc3)CC2)C1. The molecule has 0 N–H and O–H groups in total. The van der Waals surface area contributed by atoms with Crippen molar-refractivity contribution in [3.05, 3.63) is 35.9 Å². The molecule has 138 valence electrons. The Morgan fingerprint density at radius 1 is 0.960 bits per heavy atom. The first-order valence-corrected chi connectivity index (χ1v) is 10.4. The lowest BCUT2D eigenvalue weighted by Gasteiger charge is -2.42. The third-order valence-electron chi connectivity index (χ3n) is 7.04. The van der Waals surface area contributed by atoms with E-state index in [-0.39, 0.29) is 0 Å². The molecule has 3 fully saturated rings. The van der Waals surface area contributed by atoms with E-state index in [9.17, 15) is 0 Å². The van der Waals surface area contributed by atoms with Crippen LogP contribution in [-0.2, 0) is 6.42 Å². The van der Waals surface area contributed by atoms with Crippen LogP contribution in [0.15, 0.2) is 30.3 Å². The van der Waals surface area contributed by atoms with Crippen LogP contribution in [0.3, 0.4) is 0 Å². The Morgan fingerprint density at radius 3 is 2.40 bits per heavy atom. The molecule has 0 aromatic heterocycles. The summed E-state index contributed by atoms with van der Waals surface area (Å²) >= 11 is 0. The van der Waals surface area contributed by atoms with Gasteiger partial charge in [0, 0.05) is 25.2 Å². The highest BCUT2D eigenvalue weighted by Gasteiger charge is 2.51. The van der Waals surface area contributed by atoms with E-state index in [1.165, 1.54) is 70.3 Å². The second-order valence-corrected chi connectivity index (χ2v) is 10.2. The molecule has 1 saturated carbocycles. The van der Waals surface area contributed by atoms with Crippen molar-refractivity contribution in [1.82, 2.24) is 9.80 Å². The van der Waals surface area contributed by atoms with E-state index in [4.69, 9.17) is 0 Å². The molecule has 0 spiro atoms. The van der Waals surface area contributed by atoms with E-state index in [2.05, 4.69) is 60.9 Å². The van der Waals surface area contributed by atoms with Gasteiger partial charge >= 0.3 is 0 Å². The van der Waals surface area contributed by atoms with Gasteiger partial charge in [-0.05, 0) is 68.0 Å². The van der Waals surface area contributed by atoms with Gasteiger partial charge in [-0.1, -0.05) is 51.1 Å². The van der Waals surface area contributed by atoms with Crippen LogP contribution in [0.4, 0.5) is 0 Å². The van der Waals surface area contributed by atoms with Crippen LogP contribution in [0, 0.1) is 10.8 Å². The van der Waals surface area contributed by atoms with Gasteiger partial charge < -0.3 is 4.90 Å². The Kier molecular flexibility index (Phi) is 4.70. The van der Waals surface area contributed by atoms with E-state index in [0.29, 0.717) is 10.8 Å². The Hall–Kier alpha value is -0.860. The van der Waals surface area contributed by atoms with Crippen LogP contribution >= 0.6 is 0 Å². The van der Waals surface area contributed by atoms with Crippen molar-refractivity contribution in [3.63, 3.8) is 0 Å². The highest BCUT2D eigenvalue weighted by Crippen LogP contribution is 2.53. The summed E-state index contributed by atoms with van der Waals surface area (Å²) in [6.07, 6.45) is 8.23. The number of likely N-dealkylation sites (tertiary alicyclic amines) is 2. The molecule has 1 aromatic carbocycles. The maximum atomic E-state index is 2.93. The van der Waals surface area contributed by atoms with E-state index in [1.807, 2.05) is 0 Å². The molecule has 1 aliphatic carbocycles. The summed E-state index contributed by atoms with van der Waals surface area (Å²) in [6.45, 7) is 12.7. The normalized spacial score (nSPS) is 33.6. The Morgan fingerprint density at radius 2 is 1.68 bits per heavy atom. The third kappa shape index (κ3) is 3.95. The van der Waals surface area contributed by atoms with Gasteiger partial charge in [-0.2, -0.15) is 0 Å². The van der Waals surface area contributed by atoms with Crippen LogP contribution in [-0.4, -0.2) is 48.1 Å². The number of fused-ring (bicyclic) bond motifs is 2. The van der Waals surface area contributed by atoms with E-state index in [1.54, 1.807) is 0 Å². The monoisotopic (exact) mass is 340 g/mol. The Balaban J connectivity index is 1.29. The molecule has 2 nitrogen and oxygen atoms in total. The largest absolute Gasteiger partial charge is 0.303 e. The predicted octanol–water partition coefficient (Wildman–Crippen LogP) is 4.59. The van der Waals surface area contributed by atoms with Crippen molar-refractivity contribution in [2.24, 2.45) is 10.8 Å². The second kappa shape index (κ2) is 6.70. The van der Waals surface area contributed by atoms with Crippen molar-refractivity contribution < 1.29 is 0 Å². The zero-order valence-electron chi connectivity index (χ0n) is 16.5. The second-order valence-electron chi connectivity index (χ2n) is 10.2. The van der Waals surface area contributed by atoms with E-state index >= 15 is 0 Å². The van der Waals surface area contributed by atoms with Crippen LogP contribution < -0.4 is 0 Å². The summed E-state index contributed by atoms with van der Waals surface area (Å²) in [7, 11) is 0. The quantitative estimate of drug-likeness (QED) is 0.791. The molecule has 0 unspecified atom stereocenters. The molecule has 0 amide bonds. The number of benzene rings is 1. The van der Waals surface area contributed by atoms with E-state index in [0.717, 1.165) is 12.1 Å². The fourth-order valence-corrected chi connectivity index (χ4v) is 6.34. The number of hydrogen-bond donors (Lipinski definition) is 0. The summed E-state index contributed by atoms with van der Waals surface area (Å²) in [4.78, 5) is 5.63. The van der Waals surface area contributed by atoms with Crippen molar-refractivity contribution in [2.75, 3.05) is 26.2 Å². The Bertz CT molecular complexity index is 573. The minimum absolute atomic E-state index is 0.544. The maximum Gasteiger partial charge on any atom is 0.0123 e. The van der Waals surface area contributed by atoms with Crippen molar-refractivity contribution in [1.29, 1.82) is 0 Å². The van der Waals surface area contributed by atoms with E-state index < -0.39 is 0 Å². The van der Waals surface area contributed by atoms with Gasteiger partial charge in [-0.25, -0.2) is 0 Å². The number of hydrogen-bond acceptors (Lipinski definition) is 2. The molecule has 25 heavy (non-hydrogen) atoms. The van der Waals surface area contributed by atoms with Gasteiger partial charge in [0.1, 0.15) is 0 Å². The maximum absolute atomic E-state index is 2.93. The molecule has 2 atom stereocenters. The zero-order valence-corrected chi connectivity index (χ0v) is 16.5. The zero-order chi connectivity index (χ0) is 17.5. The molecule has 1 aromatic rings. The first-order chi connectivity index (χ1) is 11.9. The van der Waals surface area contributed by atoms with Crippen molar-refractivity contribution in [2.45, 2.75) is 71.4 Å². The summed E-state index contributed by atoms with van der Waals surface area (Å²) in [5.74, 6) is 0. The summed E-state index contributed by atoms with van der Waals surface area (Å²) in [5, 5.41) is 0. The third-order valence-corrected chi connectivity index (χ3v) is 7.04. The molecule has 2 heterocycles. The Labute approximate surface area is 154 Å². The number of nitrogens with zero attached hydrogens (tertiary/aromatic N) is 2. The lowest BCUT2D eigenvalue weighted by atomic mass is 9.65. The van der Waals surface area contributed by atoms with Crippen molar-refractivity contribution in [3.8, 4) is 0 Å². The predicted molar refractivity (Wildman–Crippen MR) is 106 cm³/mol. The van der Waals surface area contributed by atoms with Gasteiger partial charge in [-0.3, -0.25) is 4.90 Å². The highest BCUT2D eigenvalue weighted by atomic mass is 15.3. The minimum atomic E-state index is 0.544. The van der Waals surface area contributed by atoms with Crippen molar-refractivity contribution >= 4 is 0 Å². The van der Waals surface area contributed by atoms with Crippen LogP contribution in [0.1, 0.15) is 58.4 Å². The molecule has 2 bridgehead atoms. The average molecular weight is 341 g/mol. The molecule has 2 heteroatoms. The molecule has 2 saturated heterocycles. The lowest BCUT2D eigenvalue weighted by molar-refractivity contribution is 0.0834. The van der Waals surface area contributed by atoms with Gasteiger partial charge in [0.05, 0.1) is 0 Å². The van der Waals surface area contributed by atoms with Gasteiger partial charge in [0.2, 0.25) is 0 Å². The topological polar surface area (TPSA) is 6.48 Å². The van der Waals surface area contributed by atoms with Gasteiger partial charge in [0.25, 0.3) is 0 Å². The number of rotatable bonds is 4. The van der Waals surface area contributed by atoms with Crippen LogP contribution in [0.25, 0.3) is 0 Å². The average Bonchev–Trinajstić information content (AvgIpc) is 2.83. The first-order valence-electron chi connectivity index (χ1n) is 10.4. The molecule has 4 rings (SSSR count). The molecule has 3 aliphatic rings. The first kappa shape index (κ1) is 17.5. The number of piperidine rings is 1. The summed E-state index contributed by atoms with van der Waals surface area (Å²) < 4.78 is 0. The summed E-state index contributed by atoms with van der Waals surface area (Å²) in [6, 6.07) is 12.7. The highest BCUT2D eigenvalue weighted by molar-refractivity contribution is 5.15. The smallest absolute Gasteiger partial charge is 0.0123 e. The van der Waals surface area contributed by atoms with Gasteiger partial charge in [0.15, 0.2) is 0 Å².